The molecule has 4 nitrogen and oxygen atoms in total. The van der Waals surface area contributed by atoms with E-state index >= 15 is 0 Å². The second-order valence-electron chi connectivity index (χ2n) is 4.51. The average molecular weight is 269 g/mol. The van der Waals surface area contributed by atoms with Gasteiger partial charge in [0, 0.05) is 17.8 Å². The van der Waals surface area contributed by atoms with E-state index in [1.165, 1.54) is 5.56 Å². The molecule has 104 valence electrons. The molecule has 0 saturated heterocycles. The molecule has 4 heteroatoms. The Balaban J connectivity index is 2.19. The Hall–Kier alpha value is -2.49. The van der Waals surface area contributed by atoms with Gasteiger partial charge < -0.3 is 16.3 Å². The molecule has 0 aliphatic carbocycles. The largest absolute Gasteiger partial charge is 0.409 e. The summed E-state index contributed by atoms with van der Waals surface area (Å²) in [4.78, 5) is 0. The van der Waals surface area contributed by atoms with E-state index in [9.17, 15) is 0 Å². The minimum absolute atomic E-state index is 0.131. The third-order valence-electron chi connectivity index (χ3n) is 3.27. The van der Waals surface area contributed by atoms with Crippen molar-refractivity contribution in [1.29, 1.82) is 0 Å². The van der Waals surface area contributed by atoms with Crippen molar-refractivity contribution < 1.29 is 5.21 Å². The van der Waals surface area contributed by atoms with Crippen LogP contribution >= 0.6 is 0 Å². The summed E-state index contributed by atoms with van der Waals surface area (Å²) in [6, 6.07) is 15.8. The summed E-state index contributed by atoms with van der Waals surface area (Å²) >= 11 is 0. The fourth-order valence-electron chi connectivity index (χ4n) is 2.17. The van der Waals surface area contributed by atoms with E-state index in [1.54, 1.807) is 0 Å². The maximum Gasteiger partial charge on any atom is 0.170 e. The van der Waals surface area contributed by atoms with Crippen molar-refractivity contribution in [2.75, 3.05) is 5.32 Å². The Kier molecular flexibility index (Phi) is 4.60. The van der Waals surface area contributed by atoms with Crippen LogP contribution in [0.25, 0.3) is 0 Å². The molecule has 0 fully saturated rings. The van der Waals surface area contributed by atoms with Crippen molar-refractivity contribution in [3.05, 3.63) is 65.2 Å². The number of rotatable bonds is 5. The molecule has 2 aromatic rings. The van der Waals surface area contributed by atoms with E-state index in [-0.39, 0.29) is 5.84 Å². The Labute approximate surface area is 118 Å². The smallest absolute Gasteiger partial charge is 0.170 e. The Morgan fingerprint density at radius 2 is 1.75 bits per heavy atom. The number of hydrogen-bond acceptors (Lipinski definition) is 3. The predicted octanol–water partition coefficient (Wildman–Crippen LogP) is 2.96. The van der Waals surface area contributed by atoms with Gasteiger partial charge in [-0.15, -0.1) is 0 Å². The van der Waals surface area contributed by atoms with E-state index in [1.807, 2.05) is 36.4 Å². The maximum atomic E-state index is 8.82. The number of nitrogens with zero attached hydrogens (tertiary/aromatic N) is 1. The minimum atomic E-state index is 0.131. The first-order valence-corrected chi connectivity index (χ1v) is 6.63. The van der Waals surface area contributed by atoms with Crippen molar-refractivity contribution in [3.63, 3.8) is 0 Å². The number of aryl methyl sites for hydroxylation is 1. The van der Waals surface area contributed by atoms with E-state index in [4.69, 9.17) is 10.9 Å². The highest BCUT2D eigenvalue weighted by Gasteiger charge is 2.06. The molecule has 0 radical (unpaired) electrons. The fraction of sp³-hybridized carbons (Fsp3) is 0.188. The monoisotopic (exact) mass is 269 g/mol. The van der Waals surface area contributed by atoms with Crippen LogP contribution in [0.2, 0.25) is 0 Å². The predicted molar refractivity (Wildman–Crippen MR) is 82.1 cm³/mol. The molecule has 0 aromatic heterocycles. The zero-order valence-corrected chi connectivity index (χ0v) is 11.5. The lowest BCUT2D eigenvalue weighted by Crippen LogP contribution is -2.17. The summed E-state index contributed by atoms with van der Waals surface area (Å²) in [7, 11) is 0. The molecule has 0 atom stereocenters. The first-order valence-electron chi connectivity index (χ1n) is 6.63. The summed E-state index contributed by atoms with van der Waals surface area (Å²) in [5.74, 6) is 0.131. The minimum Gasteiger partial charge on any atom is -0.409 e. The number of para-hydroxylation sites is 1. The van der Waals surface area contributed by atoms with Gasteiger partial charge in [0.2, 0.25) is 0 Å². The van der Waals surface area contributed by atoms with Crippen LogP contribution in [0.1, 0.15) is 23.6 Å². The first kappa shape index (κ1) is 13.9. The second kappa shape index (κ2) is 6.61. The van der Waals surface area contributed by atoms with Gasteiger partial charge in [0.05, 0.1) is 0 Å². The molecule has 0 bridgehead atoms. The third-order valence-corrected chi connectivity index (χ3v) is 3.27. The van der Waals surface area contributed by atoms with Crippen LogP contribution in [0.15, 0.2) is 53.7 Å². The Morgan fingerprint density at radius 3 is 2.45 bits per heavy atom. The highest BCUT2D eigenvalue weighted by Crippen LogP contribution is 2.17. The van der Waals surface area contributed by atoms with Gasteiger partial charge in [0.15, 0.2) is 5.84 Å². The van der Waals surface area contributed by atoms with Crippen molar-refractivity contribution in [1.82, 2.24) is 0 Å². The van der Waals surface area contributed by atoms with Crippen LogP contribution in [-0.2, 0) is 13.0 Å². The molecule has 0 heterocycles. The highest BCUT2D eigenvalue weighted by atomic mass is 16.4. The van der Waals surface area contributed by atoms with Gasteiger partial charge in [-0.3, -0.25) is 0 Å². The number of nitrogens with one attached hydrogen (secondary N) is 1. The van der Waals surface area contributed by atoms with Gasteiger partial charge in [0.1, 0.15) is 0 Å². The zero-order chi connectivity index (χ0) is 14.4. The van der Waals surface area contributed by atoms with Crippen LogP contribution in [0.4, 0.5) is 5.69 Å². The van der Waals surface area contributed by atoms with E-state index < -0.39 is 0 Å². The lowest BCUT2D eigenvalue weighted by atomic mass is 10.1. The molecule has 0 amide bonds. The molecule has 2 rings (SSSR count). The number of hydrogen-bond donors (Lipinski definition) is 3. The summed E-state index contributed by atoms with van der Waals surface area (Å²) in [6.45, 7) is 2.76. The van der Waals surface area contributed by atoms with Gasteiger partial charge >= 0.3 is 0 Å². The lowest BCUT2D eigenvalue weighted by molar-refractivity contribution is 0.318. The molecular weight excluding hydrogens is 250 g/mol. The SMILES string of the molecule is CCc1ccccc1NCc1ccccc1C(N)=NO. The van der Waals surface area contributed by atoms with Gasteiger partial charge in [-0.25, -0.2) is 0 Å². The third kappa shape index (κ3) is 3.09. The van der Waals surface area contributed by atoms with Crippen LogP contribution in [-0.4, -0.2) is 11.0 Å². The normalized spacial score (nSPS) is 11.3. The van der Waals surface area contributed by atoms with Crippen molar-refractivity contribution in [3.8, 4) is 0 Å². The number of anilines is 1. The van der Waals surface area contributed by atoms with Crippen molar-refractivity contribution in [2.45, 2.75) is 19.9 Å². The van der Waals surface area contributed by atoms with Crippen molar-refractivity contribution >= 4 is 11.5 Å². The van der Waals surface area contributed by atoms with E-state index in [2.05, 4.69) is 29.5 Å². The molecule has 0 saturated carbocycles. The van der Waals surface area contributed by atoms with Crippen LogP contribution in [0.5, 0.6) is 0 Å². The number of oxime groups is 1. The van der Waals surface area contributed by atoms with Crippen LogP contribution in [0.3, 0.4) is 0 Å². The Morgan fingerprint density at radius 1 is 1.10 bits per heavy atom. The quantitative estimate of drug-likeness (QED) is 0.338. The number of amidine groups is 1. The van der Waals surface area contributed by atoms with Crippen LogP contribution < -0.4 is 11.1 Å². The first-order chi connectivity index (χ1) is 9.76. The highest BCUT2D eigenvalue weighted by molar-refractivity contribution is 5.98. The van der Waals surface area contributed by atoms with Gasteiger partial charge in [-0.05, 0) is 23.6 Å². The molecule has 4 N–H and O–H groups in total. The standard InChI is InChI=1S/C16H19N3O/c1-2-12-7-4-6-10-15(12)18-11-13-8-3-5-9-14(13)16(17)19-20/h3-10,18,20H,2,11H2,1H3,(H2,17,19). The average Bonchev–Trinajstić information content (AvgIpc) is 2.52. The fourth-order valence-corrected chi connectivity index (χ4v) is 2.17. The molecular formula is C16H19N3O. The molecule has 0 aliphatic rings. The number of nitrogens with two attached hydrogens (primary N) is 1. The summed E-state index contributed by atoms with van der Waals surface area (Å²) in [5, 5.41) is 15.3. The summed E-state index contributed by atoms with van der Waals surface area (Å²) in [6.07, 6.45) is 0.977. The Bertz CT molecular complexity index is 608. The van der Waals surface area contributed by atoms with Gasteiger partial charge in [-0.1, -0.05) is 54.5 Å². The summed E-state index contributed by atoms with van der Waals surface area (Å²) < 4.78 is 0. The maximum absolute atomic E-state index is 8.82. The second-order valence-corrected chi connectivity index (χ2v) is 4.51. The molecule has 2 aromatic carbocycles. The van der Waals surface area contributed by atoms with Gasteiger partial charge in [0.25, 0.3) is 0 Å². The van der Waals surface area contributed by atoms with E-state index in [0.717, 1.165) is 23.2 Å². The molecule has 0 aliphatic heterocycles. The topological polar surface area (TPSA) is 70.6 Å². The number of benzene rings is 2. The van der Waals surface area contributed by atoms with Crippen molar-refractivity contribution in [2.24, 2.45) is 10.9 Å². The molecule has 20 heavy (non-hydrogen) atoms. The molecule has 0 spiro atoms. The van der Waals surface area contributed by atoms with E-state index in [0.29, 0.717) is 6.54 Å². The lowest BCUT2D eigenvalue weighted by Gasteiger charge is -2.13. The van der Waals surface area contributed by atoms with Crippen LogP contribution in [0, 0.1) is 0 Å². The van der Waals surface area contributed by atoms with Gasteiger partial charge in [-0.2, -0.15) is 0 Å². The zero-order valence-electron chi connectivity index (χ0n) is 11.5. The molecule has 0 unspecified atom stereocenters. The summed E-state index contributed by atoms with van der Waals surface area (Å²) in [5.41, 5.74) is 9.82.